The van der Waals surface area contributed by atoms with Crippen LogP contribution in [0.2, 0.25) is 0 Å². The maximum absolute atomic E-state index is 4.79. The van der Waals surface area contributed by atoms with Crippen molar-refractivity contribution < 1.29 is 0 Å². The van der Waals surface area contributed by atoms with Crippen molar-refractivity contribution >= 4 is 29.9 Å². The van der Waals surface area contributed by atoms with E-state index in [9.17, 15) is 0 Å². The molecular weight excluding hydrogens is 401 g/mol. The van der Waals surface area contributed by atoms with Crippen LogP contribution < -0.4 is 10.6 Å². The second-order valence-corrected chi connectivity index (χ2v) is 6.23. The van der Waals surface area contributed by atoms with Gasteiger partial charge in [-0.25, -0.2) is 0 Å². The molecule has 1 fully saturated rings. The zero-order chi connectivity index (χ0) is 16.2. The fraction of sp³-hybridized carbons (Fsp3) is 0.941. The van der Waals surface area contributed by atoms with E-state index in [1.165, 1.54) is 38.8 Å². The standard InChI is InChI=1S/C17H37N5.HI/c1-5-8-12-21(4)14-11-19-17(18-6-2)20-15-16-10-9-13-22(16)7-3;/h16H,5-15H2,1-4H3,(H2,18,19,20);1H. The highest BCUT2D eigenvalue weighted by atomic mass is 127. The average molecular weight is 439 g/mol. The van der Waals surface area contributed by atoms with Crippen molar-refractivity contribution in [3.8, 4) is 0 Å². The van der Waals surface area contributed by atoms with Gasteiger partial charge in [0.05, 0.1) is 6.54 Å². The molecule has 0 aromatic rings. The molecule has 1 aliphatic rings. The molecule has 0 aromatic heterocycles. The Bertz CT molecular complexity index is 311. The van der Waals surface area contributed by atoms with Crippen LogP contribution in [0.4, 0.5) is 0 Å². The number of hydrogen-bond donors (Lipinski definition) is 2. The average Bonchev–Trinajstić information content (AvgIpc) is 2.98. The lowest BCUT2D eigenvalue weighted by Gasteiger charge is -2.22. The number of likely N-dealkylation sites (tertiary alicyclic amines) is 1. The highest BCUT2D eigenvalue weighted by molar-refractivity contribution is 14.0. The van der Waals surface area contributed by atoms with Crippen molar-refractivity contribution in [2.45, 2.75) is 52.5 Å². The molecule has 0 amide bonds. The number of halogens is 1. The first-order valence-electron chi connectivity index (χ1n) is 9.16. The van der Waals surface area contributed by atoms with Crippen molar-refractivity contribution in [3.05, 3.63) is 0 Å². The van der Waals surface area contributed by atoms with Gasteiger partial charge in [-0.15, -0.1) is 24.0 Å². The number of unbranched alkanes of at least 4 members (excludes halogenated alkanes) is 1. The summed E-state index contributed by atoms with van der Waals surface area (Å²) in [6.07, 6.45) is 5.15. The van der Waals surface area contributed by atoms with Gasteiger partial charge in [-0.1, -0.05) is 20.3 Å². The smallest absolute Gasteiger partial charge is 0.191 e. The SMILES string of the molecule is CCCCN(C)CCNC(=NCC1CCCN1CC)NCC.I. The van der Waals surface area contributed by atoms with E-state index in [0.717, 1.165) is 38.7 Å². The molecular formula is C17H38IN5. The largest absolute Gasteiger partial charge is 0.357 e. The molecule has 0 spiro atoms. The molecule has 0 aromatic carbocycles. The minimum atomic E-state index is 0. The van der Waals surface area contributed by atoms with Gasteiger partial charge in [0.15, 0.2) is 5.96 Å². The second kappa shape index (κ2) is 14.3. The van der Waals surface area contributed by atoms with Crippen LogP contribution in [0, 0.1) is 0 Å². The second-order valence-electron chi connectivity index (χ2n) is 6.23. The highest BCUT2D eigenvalue weighted by Gasteiger charge is 2.22. The Kier molecular flexibility index (Phi) is 14.2. The fourth-order valence-corrected chi connectivity index (χ4v) is 2.96. The topological polar surface area (TPSA) is 42.9 Å². The van der Waals surface area contributed by atoms with Crippen LogP contribution in [-0.4, -0.2) is 74.7 Å². The van der Waals surface area contributed by atoms with E-state index in [2.05, 4.69) is 48.3 Å². The Morgan fingerprint density at radius 3 is 2.65 bits per heavy atom. The van der Waals surface area contributed by atoms with Crippen LogP contribution in [0.15, 0.2) is 4.99 Å². The first kappa shape index (κ1) is 22.9. The lowest BCUT2D eigenvalue weighted by Crippen LogP contribution is -2.42. The van der Waals surface area contributed by atoms with E-state index >= 15 is 0 Å². The first-order valence-corrected chi connectivity index (χ1v) is 9.16. The molecule has 2 N–H and O–H groups in total. The van der Waals surface area contributed by atoms with E-state index in [0.29, 0.717) is 6.04 Å². The van der Waals surface area contributed by atoms with E-state index in [1.807, 2.05) is 0 Å². The van der Waals surface area contributed by atoms with E-state index in [-0.39, 0.29) is 24.0 Å². The minimum absolute atomic E-state index is 0. The molecule has 0 saturated carbocycles. The molecule has 1 rings (SSSR count). The summed E-state index contributed by atoms with van der Waals surface area (Å²) in [4.78, 5) is 9.72. The van der Waals surface area contributed by atoms with Gasteiger partial charge in [0, 0.05) is 25.7 Å². The Balaban J connectivity index is 0.00000484. The Morgan fingerprint density at radius 2 is 2.00 bits per heavy atom. The maximum atomic E-state index is 4.79. The molecule has 5 nitrogen and oxygen atoms in total. The van der Waals surface area contributed by atoms with Crippen molar-refractivity contribution in [2.24, 2.45) is 4.99 Å². The van der Waals surface area contributed by atoms with E-state index < -0.39 is 0 Å². The minimum Gasteiger partial charge on any atom is -0.357 e. The summed E-state index contributed by atoms with van der Waals surface area (Å²) in [5.41, 5.74) is 0. The summed E-state index contributed by atoms with van der Waals surface area (Å²) in [5.74, 6) is 0.967. The van der Waals surface area contributed by atoms with Crippen LogP contribution in [0.1, 0.15) is 46.5 Å². The summed E-state index contributed by atoms with van der Waals surface area (Å²) in [5, 5.41) is 6.82. The summed E-state index contributed by atoms with van der Waals surface area (Å²) in [7, 11) is 2.19. The molecule has 0 aliphatic carbocycles. The Morgan fingerprint density at radius 1 is 1.22 bits per heavy atom. The van der Waals surface area contributed by atoms with Crippen molar-refractivity contribution in [2.75, 3.05) is 52.9 Å². The molecule has 6 heteroatoms. The highest BCUT2D eigenvalue weighted by Crippen LogP contribution is 2.16. The Hall–Kier alpha value is -0.0800. The van der Waals surface area contributed by atoms with Gasteiger partial charge in [-0.3, -0.25) is 9.89 Å². The summed E-state index contributed by atoms with van der Waals surface area (Å²) >= 11 is 0. The van der Waals surface area contributed by atoms with Crippen molar-refractivity contribution in [1.82, 2.24) is 20.4 Å². The van der Waals surface area contributed by atoms with Gasteiger partial charge in [0.25, 0.3) is 0 Å². The quantitative estimate of drug-likeness (QED) is 0.312. The molecule has 138 valence electrons. The maximum Gasteiger partial charge on any atom is 0.191 e. The predicted molar refractivity (Wildman–Crippen MR) is 112 cm³/mol. The van der Waals surface area contributed by atoms with Gasteiger partial charge in [-0.05, 0) is 52.9 Å². The van der Waals surface area contributed by atoms with Gasteiger partial charge in [0.2, 0.25) is 0 Å². The third-order valence-electron chi connectivity index (χ3n) is 4.39. The van der Waals surface area contributed by atoms with Gasteiger partial charge >= 0.3 is 0 Å². The summed E-state index contributed by atoms with van der Waals surface area (Å²) in [6.45, 7) is 14.0. The number of guanidine groups is 1. The normalized spacial score (nSPS) is 19.0. The zero-order valence-electron chi connectivity index (χ0n) is 15.6. The molecule has 23 heavy (non-hydrogen) atoms. The van der Waals surface area contributed by atoms with E-state index in [4.69, 9.17) is 4.99 Å². The van der Waals surface area contributed by atoms with Crippen LogP contribution in [0.25, 0.3) is 0 Å². The molecule has 1 atom stereocenters. The molecule has 1 aliphatic heterocycles. The van der Waals surface area contributed by atoms with Crippen LogP contribution in [0.5, 0.6) is 0 Å². The molecule has 1 saturated heterocycles. The number of aliphatic imine (C=N–C) groups is 1. The lowest BCUT2D eigenvalue weighted by molar-refractivity contribution is 0.273. The van der Waals surface area contributed by atoms with Gasteiger partial charge in [-0.2, -0.15) is 0 Å². The molecule has 1 heterocycles. The van der Waals surface area contributed by atoms with Crippen LogP contribution in [-0.2, 0) is 0 Å². The third-order valence-corrected chi connectivity index (χ3v) is 4.39. The number of nitrogens with one attached hydrogen (secondary N) is 2. The third kappa shape index (κ3) is 9.72. The monoisotopic (exact) mass is 439 g/mol. The van der Waals surface area contributed by atoms with Crippen LogP contribution >= 0.6 is 24.0 Å². The summed E-state index contributed by atoms with van der Waals surface area (Å²) < 4.78 is 0. The van der Waals surface area contributed by atoms with Gasteiger partial charge < -0.3 is 15.5 Å². The van der Waals surface area contributed by atoms with Crippen LogP contribution in [0.3, 0.4) is 0 Å². The lowest BCUT2D eigenvalue weighted by atomic mass is 10.2. The number of nitrogens with zero attached hydrogens (tertiary/aromatic N) is 3. The molecule has 0 radical (unpaired) electrons. The molecule has 1 unspecified atom stereocenters. The molecule has 0 bridgehead atoms. The van der Waals surface area contributed by atoms with Crippen molar-refractivity contribution in [1.29, 1.82) is 0 Å². The van der Waals surface area contributed by atoms with Crippen molar-refractivity contribution in [3.63, 3.8) is 0 Å². The van der Waals surface area contributed by atoms with Gasteiger partial charge in [0.1, 0.15) is 0 Å². The first-order chi connectivity index (χ1) is 10.7. The van der Waals surface area contributed by atoms with E-state index in [1.54, 1.807) is 0 Å². The summed E-state index contributed by atoms with van der Waals surface area (Å²) in [6, 6.07) is 0.632. The fourth-order valence-electron chi connectivity index (χ4n) is 2.96. The zero-order valence-corrected chi connectivity index (χ0v) is 17.9. The Labute approximate surface area is 160 Å². The number of likely N-dealkylation sites (N-methyl/N-ethyl adjacent to an activating group) is 2. The predicted octanol–water partition coefficient (Wildman–Crippen LogP) is 2.38. The number of rotatable bonds is 10. The number of hydrogen-bond acceptors (Lipinski definition) is 3.